The number of hydrogen-bond acceptors (Lipinski definition) is 6. The minimum Gasteiger partial charge on any atom is -0.360 e. The molecule has 2 rings (SSSR count). The zero-order chi connectivity index (χ0) is 14.5. The summed E-state index contributed by atoms with van der Waals surface area (Å²) in [5.74, 6) is -0.248. The molecule has 0 fully saturated rings. The Morgan fingerprint density at radius 1 is 1.50 bits per heavy atom. The van der Waals surface area contributed by atoms with E-state index in [1.807, 2.05) is 13.0 Å². The highest BCUT2D eigenvalue weighted by Crippen LogP contribution is 2.20. The lowest BCUT2D eigenvalue weighted by Crippen LogP contribution is -2.26. The summed E-state index contributed by atoms with van der Waals surface area (Å²) in [6.45, 7) is 2.67. The van der Waals surface area contributed by atoms with Crippen LogP contribution in [-0.4, -0.2) is 29.7 Å². The van der Waals surface area contributed by atoms with E-state index < -0.39 is 0 Å². The quantitative estimate of drug-likeness (QED) is 0.931. The lowest BCUT2D eigenvalue weighted by molar-refractivity contribution is 0.0992. The first kappa shape index (κ1) is 14.0. The van der Waals surface area contributed by atoms with Gasteiger partial charge in [-0.2, -0.15) is 5.26 Å². The zero-order valence-corrected chi connectivity index (χ0v) is 11.9. The van der Waals surface area contributed by atoms with Crippen LogP contribution < -0.4 is 10.2 Å². The van der Waals surface area contributed by atoms with Crippen LogP contribution in [0.25, 0.3) is 0 Å². The number of hydrogen-bond donors (Lipinski definition) is 1. The monoisotopic (exact) mass is 287 g/mol. The Morgan fingerprint density at radius 2 is 2.30 bits per heavy atom. The summed E-state index contributed by atoms with van der Waals surface area (Å²) in [6, 6.07) is 8.90. The number of amides is 1. The minimum absolute atomic E-state index is 0.248. The molecule has 1 heterocycles. The Morgan fingerprint density at radius 3 is 3.00 bits per heavy atom. The molecule has 0 aliphatic rings. The summed E-state index contributed by atoms with van der Waals surface area (Å²) < 4.78 is 0. The van der Waals surface area contributed by atoms with Crippen molar-refractivity contribution in [3.63, 3.8) is 0 Å². The van der Waals surface area contributed by atoms with Crippen molar-refractivity contribution in [2.75, 3.05) is 23.8 Å². The smallest absolute Gasteiger partial charge is 0.289 e. The molecule has 1 N–H and O–H groups in total. The Kier molecular flexibility index (Phi) is 4.27. The Bertz CT molecular complexity index is 661. The molecule has 1 amide bonds. The maximum Gasteiger partial charge on any atom is 0.289 e. The summed E-state index contributed by atoms with van der Waals surface area (Å²) in [5.41, 5.74) is 1.15. The molecule has 1 aromatic carbocycles. The molecule has 0 aliphatic heterocycles. The Hall–Kier alpha value is -2.46. The number of nitrogens with one attached hydrogen (secondary N) is 1. The number of aromatic nitrogens is 2. The average Bonchev–Trinajstić information content (AvgIpc) is 2.95. The van der Waals surface area contributed by atoms with Gasteiger partial charge in [0.15, 0.2) is 0 Å². The number of nitriles is 1. The Balaban J connectivity index is 2.20. The molecule has 7 heteroatoms. The predicted octanol–water partition coefficient (Wildman–Crippen LogP) is 2.12. The van der Waals surface area contributed by atoms with Crippen LogP contribution in [0.15, 0.2) is 24.3 Å². The molecule has 0 unspecified atom stereocenters. The molecule has 0 saturated heterocycles. The van der Waals surface area contributed by atoms with Crippen LogP contribution in [0.1, 0.15) is 22.3 Å². The number of nitrogens with zero attached hydrogens (tertiary/aromatic N) is 4. The number of carbonyl (C=O) groups is 1. The maximum absolute atomic E-state index is 12.3. The zero-order valence-electron chi connectivity index (χ0n) is 11.1. The van der Waals surface area contributed by atoms with Gasteiger partial charge in [0.05, 0.1) is 11.6 Å². The molecule has 0 bridgehead atoms. The van der Waals surface area contributed by atoms with Crippen LogP contribution >= 0.6 is 11.3 Å². The summed E-state index contributed by atoms with van der Waals surface area (Å²) in [7, 11) is 1.65. The second kappa shape index (κ2) is 6.12. The fraction of sp³-hybridized carbons (Fsp3) is 0.231. The molecule has 0 atom stereocenters. The van der Waals surface area contributed by atoms with E-state index in [2.05, 4.69) is 15.5 Å². The van der Waals surface area contributed by atoms with E-state index in [0.717, 1.165) is 6.54 Å². The summed E-state index contributed by atoms with van der Waals surface area (Å²) >= 11 is 1.21. The van der Waals surface area contributed by atoms with E-state index in [9.17, 15) is 4.79 Å². The average molecular weight is 287 g/mol. The Labute approximate surface area is 120 Å². The molecule has 6 nitrogen and oxygen atoms in total. The summed E-state index contributed by atoms with van der Waals surface area (Å²) in [6.07, 6.45) is 0. The van der Waals surface area contributed by atoms with Gasteiger partial charge in [0.25, 0.3) is 5.91 Å². The molecular formula is C13H13N5OS. The van der Waals surface area contributed by atoms with Crippen LogP contribution in [0.3, 0.4) is 0 Å². The van der Waals surface area contributed by atoms with Crippen LogP contribution in [0.4, 0.5) is 10.8 Å². The molecule has 0 aliphatic carbocycles. The van der Waals surface area contributed by atoms with Gasteiger partial charge in [-0.25, -0.2) is 0 Å². The largest absolute Gasteiger partial charge is 0.360 e. The molecule has 2 aromatic rings. The van der Waals surface area contributed by atoms with E-state index in [4.69, 9.17) is 5.26 Å². The third-order valence-corrected chi connectivity index (χ3v) is 3.47. The van der Waals surface area contributed by atoms with E-state index in [1.54, 1.807) is 31.3 Å². The van der Waals surface area contributed by atoms with Gasteiger partial charge in [0.2, 0.25) is 10.1 Å². The van der Waals surface area contributed by atoms with E-state index in [0.29, 0.717) is 21.4 Å². The van der Waals surface area contributed by atoms with Gasteiger partial charge in [-0.1, -0.05) is 17.4 Å². The molecular weight excluding hydrogens is 274 g/mol. The molecule has 0 saturated carbocycles. The second-order valence-electron chi connectivity index (χ2n) is 3.97. The fourth-order valence-corrected chi connectivity index (χ4v) is 2.36. The predicted molar refractivity (Wildman–Crippen MR) is 78.0 cm³/mol. The molecule has 20 heavy (non-hydrogen) atoms. The summed E-state index contributed by atoms with van der Waals surface area (Å²) in [5, 5.41) is 20.6. The van der Waals surface area contributed by atoms with Gasteiger partial charge in [0.1, 0.15) is 0 Å². The van der Waals surface area contributed by atoms with Crippen molar-refractivity contribution in [2.24, 2.45) is 0 Å². The maximum atomic E-state index is 12.3. The first-order valence-corrected chi connectivity index (χ1v) is 6.83. The van der Waals surface area contributed by atoms with E-state index in [1.165, 1.54) is 16.2 Å². The van der Waals surface area contributed by atoms with Crippen LogP contribution in [0, 0.1) is 11.3 Å². The van der Waals surface area contributed by atoms with Crippen molar-refractivity contribution in [3.8, 4) is 6.07 Å². The fourth-order valence-electron chi connectivity index (χ4n) is 1.58. The van der Waals surface area contributed by atoms with Crippen molar-refractivity contribution in [1.29, 1.82) is 5.26 Å². The van der Waals surface area contributed by atoms with Crippen molar-refractivity contribution >= 4 is 28.1 Å². The SMILES string of the molecule is CCNc1nnc(C(=O)N(C)c2cccc(C#N)c2)s1. The van der Waals surface area contributed by atoms with Crippen molar-refractivity contribution < 1.29 is 4.79 Å². The topological polar surface area (TPSA) is 81.9 Å². The highest BCUT2D eigenvalue weighted by molar-refractivity contribution is 7.17. The normalized spacial score (nSPS) is 9.85. The van der Waals surface area contributed by atoms with Gasteiger partial charge < -0.3 is 10.2 Å². The lowest BCUT2D eigenvalue weighted by atomic mass is 10.2. The highest BCUT2D eigenvalue weighted by atomic mass is 32.1. The first-order valence-electron chi connectivity index (χ1n) is 6.01. The molecule has 1 aromatic heterocycles. The van der Waals surface area contributed by atoms with Crippen molar-refractivity contribution in [2.45, 2.75) is 6.92 Å². The van der Waals surface area contributed by atoms with Crippen molar-refractivity contribution in [1.82, 2.24) is 10.2 Å². The standard InChI is InChI=1S/C13H13N5OS/c1-3-15-13-17-16-11(20-13)12(19)18(2)10-6-4-5-9(7-10)8-14/h4-7H,3H2,1-2H3,(H,15,17). The van der Waals surface area contributed by atoms with Crippen LogP contribution in [0.2, 0.25) is 0 Å². The van der Waals surface area contributed by atoms with Gasteiger partial charge in [0, 0.05) is 19.3 Å². The van der Waals surface area contributed by atoms with Crippen molar-refractivity contribution in [3.05, 3.63) is 34.8 Å². The molecule has 0 spiro atoms. The number of anilines is 2. The number of rotatable bonds is 4. The first-order chi connectivity index (χ1) is 9.65. The van der Waals surface area contributed by atoms with E-state index in [-0.39, 0.29) is 5.91 Å². The minimum atomic E-state index is -0.248. The molecule has 102 valence electrons. The number of benzene rings is 1. The van der Waals surface area contributed by atoms with Crippen LogP contribution in [-0.2, 0) is 0 Å². The summed E-state index contributed by atoms with van der Waals surface area (Å²) in [4.78, 5) is 13.7. The third-order valence-electron chi connectivity index (χ3n) is 2.60. The van der Waals surface area contributed by atoms with E-state index >= 15 is 0 Å². The van der Waals surface area contributed by atoms with Gasteiger partial charge >= 0.3 is 0 Å². The second-order valence-corrected chi connectivity index (χ2v) is 4.95. The van der Waals surface area contributed by atoms with Gasteiger partial charge in [-0.3, -0.25) is 4.79 Å². The highest BCUT2D eigenvalue weighted by Gasteiger charge is 2.18. The van der Waals surface area contributed by atoms with Gasteiger partial charge in [-0.05, 0) is 25.1 Å². The van der Waals surface area contributed by atoms with Crippen LogP contribution in [0.5, 0.6) is 0 Å². The third kappa shape index (κ3) is 2.92. The lowest BCUT2D eigenvalue weighted by Gasteiger charge is -2.15. The number of carbonyl (C=O) groups excluding carboxylic acids is 1. The van der Waals surface area contributed by atoms with Gasteiger partial charge in [-0.15, -0.1) is 10.2 Å². The molecule has 0 radical (unpaired) electrons.